The first kappa shape index (κ1) is 13.0. The molecule has 0 unspecified atom stereocenters. The van der Waals surface area contributed by atoms with Gasteiger partial charge in [-0.25, -0.2) is 8.78 Å². The van der Waals surface area contributed by atoms with Gasteiger partial charge in [0, 0.05) is 6.07 Å². The number of nitrogens with zero attached hydrogens (tertiary/aromatic N) is 1. The summed E-state index contributed by atoms with van der Waals surface area (Å²) in [6.07, 6.45) is 0. The largest absolute Gasteiger partial charge is 0.489 e. The van der Waals surface area contributed by atoms with Crippen molar-refractivity contribution in [2.75, 3.05) is 0 Å². The third kappa shape index (κ3) is 3.08. The van der Waals surface area contributed by atoms with Gasteiger partial charge in [-0.15, -0.1) is 0 Å². The van der Waals surface area contributed by atoms with Gasteiger partial charge in [0.05, 0.1) is 5.56 Å². The minimum atomic E-state index is -0.629. The van der Waals surface area contributed by atoms with Crippen LogP contribution in [0.25, 0.3) is 0 Å². The SMILES string of the molecule is Cc1ccc(F)cc1COc1ccc(C#N)c(F)c1. The van der Waals surface area contributed by atoms with E-state index in [1.807, 2.05) is 6.92 Å². The van der Waals surface area contributed by atoms with E-state index in [9.17, 15) is 8.78 Å². The molecule has 0 spiro atoms. The number of rotatable bonds is 3. The summed E-state index contributed by atoms with van der Waals surface area (Å²) in [4.78, 5) is 0. The van der Waals surface area contributed by atoms with Crippen molar-refractivity contribution in [2.45, 2.75) is 13.5 Å². The van der Waals surface area contributed by atoms with Gasteiger partial charge in [0.1, 0.15) is 30.1 Å². The van der Waals surface area contributed by atoms with Crippen molar-refractivity contribution in [3.63, 3.8) is 0 Å². The molecular formula is C15H11F2NO. The molecule has 0 aromatic heterocycles. The Labute approximate surface area is 109 Å². The molecule has 96 valence electrons. The molecule has 2 aromatic rings. The highest BCUT2D eigenvalue weighted by molar-refractivity contribution is 5.36. The molecular weight excluding hydrogens is 248 g/mol. The second-order valence-corrected chi connectivity index (χ2v) is 4.11. The Morgan fingerprint density at radius 2 is 1.95 bits per heavy atom. The van der Waals surface area contributed by atoms with Gasteiger partial charge in [0.2, 0.25) is 0 Å². The van der Waals surface area contributed by atoms with Gasteiger partial charge in [0.15, 0.2) is 0 Å². The average Bonchev–Trinajstić information content (AvgIpc) is 2.40. The molecule has 4 heteroatoms. The van der Waals surface area contributed by atoms with Gasteiger partial charge in [0.25, 0.3) is 0 Å². The van der Waals surface area contributed by atoms with E-state index in [1.54, 1.807) is 12.1 Å². The lowest BCUT2D eigenvalue weighted by Crippen LogP contribution is -1.99. The molecule has 0 radical (unpaired) electrons. The van der Waals surface area contributed by atoms with E-state index in [1.165, 1.54) is 24.3 Å². The second-order valence-electron chi connectivity index (χ2n) is 4.11. The fourth-order valence-electron chi connectivity index (χ4n) is 1.63. The maximum Gasteiger partial charge on any atom is 0.144 e. The van der Waals surface area contributed by atoms with E-state index >= 15 is 0 Å². The maximum atomic E-state index is 13.4. The van der Waals surface area contributed by atoms with Crippen LogP contribution in [0.4, 0.5) is 8.78 Å². The molecule has 0 aliphatic heterocycles. The van der Waals surface area contributed by atoms with Gasteiger partial charge in [-0.3, -0.25) is 0 Å². The standard InChI is InChI=1S/C15H11F2NO/c1-10-2-4-13(16)6-12(10)9-19-14-5-3-11(8-18)15(17)7-14/h2-7H,9H2,1H3. The third-order valence-corrected chi connectivity index (χ3v) is 2.77. The zero-order chi connectivity index (χ0) is 13.8. The smallest absolute Gasteiger partial charge is 0.144 e. The van der Waals surface area contributed by atoms with Crippen LogP contribution in [0, 0.1) is 29.9 Å². The van der Waals surface area contributed by atoms with Gasteiger partial charge < -0.3 is 4.74 Å². The Hall–Kier alpha value is -2.41. The highest BCUT2D eigenvalue weighted by atomic mass is 19.1. The summed E-state index contributed by atoms with van der Waals surface area (Å²) in [6.45, 7) is 1.99. The van der Waals surface area contributed by atoms with E-state index in [0.29, 0.717) is 11.3 Å². The lowest BCUT2D eigenvalue weighted by molar-refractivity contribution is 0.303. The zero-order valence-electron chi connectivity index (χ0n) is 10.3. The quantitative estimate of drug-likeness (QED) is 0.841. The summed E-state index contributed by atoms with van der Waals surface area (Å²) in [5.74, 6) is -0.661. The predicted octanol–water partition coefficient (Wildman–Crippen LogP) is 3.72. The number of benzene rings is 2. The Bertz CT molecular complexity index is 647. The van der Waals surface area contributed by atoms with Gasteiger partial charge in [-0.2, -0.15) is 5.26 Å². The van der Waals surface area contributed by atoms with Crippen LogP contribution in [-0.4, -0.2) is 0 Å². The van der Waals surface area contributed by atoms with Crippen molar-refractivity contribution in [3.8, 4) is 11.8 Å². The van der Waals surface area contributed by atoms with Crippen LogP contribution >= 0.6 is 0 Å². The van der Waals surface area contributed by atoms with Gasteiger partial charge in [-0.05, 0) is 42.3 Å². The van der Waals surface area contributed by atoms with E-state index in [2.05, 4.69) is 0 Å². The Morgan fingerprint density at radius 1 is 1.16 bits per heavy atom. The minimum Gasteiger partial charge on any atom is -0.489 e. The highest BCUT2D eigenvalue weighted by Gasteiger charge is 2.05. The van der Waals surface area contributed by atoms with Crippen molar-refractivity contribution < 1.29 is 13.5 Å². The Kier molecular flexibility index (Phi) is 3.76. The number of halogens is 2. The molecule has 0 heterocycles. The van der Waals surface area contributed by atoms with Crippen LogP contribution in [0.1, 0.15) is 16.7 Å². The predicted molar refractivity (Wildman–Crippen MR) is 66.6 cm³/mol. The van der Waals surface area contributed by atoms with E-state index < -0.39 is 5.82 Å². The summed E-state index contributed by atoms with van der Waals surface area (Å²) in [5, 5.41) is 8.61. The van der Waals surface area contributed by atoms with Crippen LogP contribution in [0.2, 0.25) is 0 Å². The number of ether oxygens (including phenoxy) is 1. The van der Waals surface area contributed by atoms with E-state index in [0.717, 1.165) is 11.6 Å². The first-order valence-corrected chi connectivity index (χ1v) is 5.67. The maximum absolute atomic E-state index is 13.4. The lowest BCUT2D eigenvalue weighted by Gasteiger charge is -2.09. The topological polar surface area (TPSA) is 33.0 Å². The van der Waals surface area contributed by atoms with Crippen LogP contribution in [0.15, 0.2) is 36.4 Å². The van der Waals surface area contributed by atoms with Crippen LogP contribution < -0.4 is 4.74 Å². The fraction of sp³-hybridized carbons (Fsp3) is 0.133. The van der Waals surface area contributed by atoms with Crippen molar-refractivity contribution in [1.29, 1.82) is 5.26 Å². The molecule has 2 rings (SSSR count). The molecule has 2 nitrogen and oxygen atoms in total. The molecule has 0 atom stereocenters. The number of aryl methyl sites for hydroxylation is 1. The summed E-state index contributed by atoms with van der Waals surface area (Å²) >= 11 is 0. The van der Waals surface area contributed by atoms with E-state index in [-0.39, 0.29) is 18.0 Å². The lowest BCUT2D eigenvalue weighted by atomic mass is 10.1. The van der Waals surface area contributed by atoms with E-state index in [4.69, 9.17) is 10.00 Å². The first-order valence-electron chi connectivity index (χ1n) is 5.67. The molecule has 2 aromatic carbocycles. The van der Waals surface area contributed by atoms with Crippen molar-refractivity contribution in [2.24, 2.45) is 0 Å². The number of hydrogen-bond acceptors (Lipinski definition) is 2. The molecule has 0 aliphatic rings. The van der Waals surface area contributed by atoms with Crippen molar-refractivity contribution >= 4 is 0 Å². The number of nitriles is 1. The van der Waals surface area contributed by atoms with Crippen LogP contribution in [-0.2, 0) is 6.61 Å². The summed E-state index contributed by atoms with van der Waals surface area (Å²) in [7, 11) is 0. The molecule has 0 N–H and O–H groups in total. The molecule has 0 amide bonds. The fourth-order valence-corrected chi connectivity index (χ4v) is 1.63. The third-order valence-electron chi connectivity index (χ3n) is 2.77. The zero-order valence-corrected chi connectivity index (χ0v) is 10.3. The number of hydrogen-bond donors (Lipinski definition) is 0. The highest BCUT2D eigenvalue weighted by Crippen LogP contribution is 2.18. The molecule has 0 bridgehead atoms. The summed E-state index contributed by atoms with van der Waals surface area (Å²) < 4.78 is 31.8. The normalized spacial score (nSPS) is 10.0. The monoisotopic (exact) mass is 259 g/mol. The molecule has 0 aliphatic carbocycles. The molecule has 0 fully saturated rings. The molecule has 0 saturated carbocycles. The Morgan fingerprint density at radius 3 is 2.63 bits per heavy atom. The van der Waals surface area contributed by atoms with Crippen molar-refractivity contribution in [3.05, 3.63) is 64.7 Å². The average molecular weight is 259 g/mol. The van der Waals surface area contributed by atoms with Gasteiger partial charge in [-0.1, -0.05) is 6.07 Å². The summed E-state index contributed by atoms with van der Waals surface area (Å²) in [6, 6.07) is 10.2. The van der Waals surface area contributed by atoms with Gasteiger partial charge >= 0.3 is 0 Å². The van der Waals surface area contributed by atoms with Crippen molar-refractivity contribution in [1.82, 2.24) is 0 Å². The van der Waals surface area contributed by atoms with Crippen LogP contribution in [0.3, 0.4) is 0 Å². The first-order chi connectivity index (χ1) is 9.10. The Balaban J connectivity index is 2.13. The second kappa shape index (κ2) is 5.49. The summed E-state index contributed by atoms with van der Waals surface area (Å²) in [5.41, 5.74) is 1.56. The molecule has 19 heavy (non-hydrogen) atoms. The minimum absolute atomic E-state index is 0.0331. The van der Waals surface area contributed by atoms with Crippen LogP contribution in [0.5, 0.6) is 5.75 Å². The molecule has 0 saturated heterocycles.